The van der Waals surface area contributed by atoms with Crippen LogP contribution < -0.4 is 5.32 Å². The molecule has 1 N–H and O–H groups in total. The molecule has 0 amide bonds. The lowest BCUT2D eigenvalue weighted by molar-refractivity contribution is 0.375. The summed E-state index contributed by atoms with van der Waals surface area (Å²) < 4.78 is 30.8. The fourth-order valence-corrected chi connectivity index (χ4v) is 2.99. The van der Waals surface area contributed by atoms with Gasteiger partial charge in [0.2, 0.25) is 10.0 Å². The van der Waals surface area contributed by atoms with Gasteiger partial charge in [0.05, 0.1) is 18.6 Å². The Balaban J connectivity index is 2.51. The zero-order chi connectivity index (χ0) is 13.4. The summed E-state index contributed by atoms with van der Waals surface area (Å²) in [5, 5.41) is 3.10. The molecule has 1 heterocycles. The first-order valence-corrected chi connectivity index (χ1v) is 7.92. The summed E-state index contributed by atoms with van der Waals surface area (Å²) in [5.41, 5.74) is 0. The van der Waals surface area contributed by atoms with Crippen LogP contribution in [-0.2, 0) is 16.6 Å². The average Bonchev–Trinajstić information content (AvgIpc) is 2.84. The Morgan fingerprint density at radius 1 is 1.33 bits per heavy atom. The molecule has 1 aromatic rings. The number of hydrogen-bond acceptors (Lipinski definition) is 4. The van der Waals surface area contributed by atoms with E-state index in [1.54, 1.807) is 18.4 Å². The quantitative estimate of drug-likeness (QED) is 0.692. The molecular weight excluding hydrogens is 252 g/mol. The Kier molecular flexibility index (Phi) is 6.38. The molecule has 0 saturated heterocycles. The minimum atomic E-state index is -3.22. The van der Waals surface area contributed by atoms with Crippen molar-refractivity contribution >= 4 is 10.0 Å². The number of nitrogens with zero attached hydrogens (tertiary/aromatic N) is 1. The maximum Gasteiger partial charge on any atom is 0.215 e. The Hall–Kier alpha value is -0.850. The van der Waals surface area contributed by atoms with Crippen molar-refractivity contribution in [1.82, 2.24) is 9.62 Å². The average molecular weight is 274 g/mol. The zero-order valence-electron chi connectivity index (χ0n) is 11.1. The van der Waals surface area contributed by atoms with Crippen LogP contribution in [0, 0.1) is 0 Å². The Labute approximate surface area is 109 Å². The van der Waals surface area contributed by atoms with Crippen molar-refractivity contribution in [2.75, 3.05) is 25.4 Å². The molecule has 0 saturated carbocycles. The van der Waals surface area contributed by atoms with Gasteiger partial charge in [-0.2, -0.15) is 4.31 Å². The normalized spacial score (nSPS) is 12.2. The van der Waals surface area contributed by atoms with Crippen molar-refractivity contribution in [3.8, 4) is 0 Å². The third-order valence-electron chi connectivity index (χ3n) is 2.62. The van der Waals surface area contributed by atoms with Crippen molar-refractivity contribution in [3.05, 3.63) is 24.2 Å². The van der Waals surface area contributed by atoms with Crippen molar-refractivity contribution in [3.63, 3.8) is 0 Å². The molecule has 0 fully saturated rings. The van der Waals surface area contributed by atoms with Gasteiger partial charge in [-0.1, -0.05) is 13.8 Å². The Morgan fingerprint density at radius 3 is 2.67 bits per heavy atom. The van der Waals surface area contributed by atoms with Crippen LogP contribution in [0.4, 0.5) is 0 Å². The molecule has 18 heavy (non-hydrogen) atoms. The van der Waals surface area contributed by atoms with Gasteiger partial charge in [-0.05, 0) is 25.1 Å². The minimum absolute atomic E-state index is 0.127. The molecule has 6 heteroatoms. The highest BCUT2D eigenvalue weighted by Gasteiger charge is 2.20. The molecule has 0 spiro atoms. The van der Waals surface area contributed by atoms with E-state index in [0.717, 1.165) is 13.0 Å². The van der Waals surface area contributed by atoms with E-state index in [9.17, 15) is 8.42 Å². The predicted molar refractivity (Wildman–Crippen MR) is 71.7 cm³/mol. The number of hydrogen-bond donors (Lipinski definition) is 1. The summed E-state index contributed by atoms with van der Waals surface area (Å²) in [6.07, 6.45) is 2.56. The van der Waals surface area contributed by atoms with Gasteiger partial charge < -0.3 is 9.73 Å². The van der Waals surface area contributed by atoms with E-state index in [4.69, 9.17) is 4.42 Å². The smallest absolute Gasteiger partial charge is 0.215 e. The van der Waals surface area contributed by atoms with E-state index in [-0.39, 0.29) is 5.75 Å². The van der Waals surface area contributed by atoms with E-state index >= 15 is 0 Å². The summed E-state index contributed by atoms with van der Waals surface area (Å²) in [4.78, 5) is 0. The van der Waals surface area contributed by atoms with Gasteiger partial charge in [-0.3, -0.25) is 0 Å². The van der Waals surface area contributed by atoms with E-state index in [0.29, 0.717) is 25.4 Å². The molecular formula is C12H22N2O3S. The molecule has 0 aromatic carbocycles. The SMILES string of the molecule is CCCNCCS(=O)(=O)N(CC)Cc1ccco1. The summed E-state index contributed by atoms with van der Waals surface area (Å²) in [6, 6.07) is 3.55. The van der Waals surface area contributed by atoms with Gasteiger partial charge in [0.1, 0.15) is 5.76 Å². The van der Waals surface area contributed by atoms with Crippen molar-refractivity contribution in [2.24, 2.45) is 0 Å². The standard InChI is InChI=1S/C12H22N2O3S/c1-3-7-13-8-10-18(15,16)14(4-2)11-12-6-5-9-17-12/h5-6,9,13H,3-4,7-8,10-11H2,1-2H3. The molecule has 0 radical (unpaired) electrons. The zero-order valence-corrected chi connectivity index (χ0v) is 11.9. The van der Waals surface area contributed by atoms with Crippen LogP contribution in [0.1, 0.15) is 26.0 Å². The second-order valence-corrected chi connectivity index (χ2v) is 6.16. The third kappa shape index (κ3) is 4.80. The van der Waals surface area contributed by atoms with Gasteiger partial charge in [0, 0.05) is 13.1 Å². The van der Waals surface area contributed by atoms with Crippen LogP contribution >= 0.6 is 0 Å². The largest absolute Gasteiger partial charge is 0.468 e. The van der Waals surface area contributed by atoms with E-state index < -0.39 is 10.0 Å². The van der Waals surface area contributed by atoms with Crippen LogP contribution in [0.25, 0.3) is 0 Å². The molecule has 1 rings (SSSR count). The van der Waals surface area contributed by atoms with Gasteiger partial charge in [0.25, 0.3) is 0 Å². The van der Waals surface area contributed by atoms with E-state index in [1.165, 1.54) is 4.31 Å². The maximum absolute atomic E-state index is 12.1. The van der Waals surface area contributed by atoms with Gasteiger partial charge in [-0.25, -0.2) is 8.42 Å². The molecule has 5 nitrogen and oxygen atoms in total. The summed E-state index contributed by atoms with van der Waals surface area (Å²) in [6.45, 7) is 5.98. The molecule has 0 aliphatic heterocycles. The summed E-state index contributed by atoms with van der Waals surface area (Å²) in [5.74, 6) is 0.795. The first-order valence-electron chi connectivity index (χ1n) is 6.31. The first-order chi connectivity index (χ1) is 8.60. The molecule has 0 aliphatic rings. The fraction of sp³-hybridized carbons (Fsp3) is 0.667. The second kappa shape index (κ2) is 7.56. The fourth-order valence-electron chi connectivity index (χ4n) is 1.62. The van der Waals surface area contributed by atoms with E-state index in [1.807, 2.05) is 6.92 Å². The molecule has 0 unspecified atom stereocenters. The van der Waals surface area contributed by atoms with Crippen molar-refractivity contribution in [2.45, 2.75) is 26.8 Å². The number of sulfonamides is 1. The van der Waals surface area contributed by atoms with Gasteiger partial charge in [0.15, 0.2) is 0 Å². The number of furan rings is 1. The topological polar surface area (TPSA) is 62.6 Å². The van der Waals surface area contributed by atoms with Crippen LogP contribution in [0.5, 0.6) is 0 Å². The second-order valence-electron chi connectivity index (χ2n) is 4.07. The van der Waals surface area contributed by atoms with Crippen molar-refractivity contribution in [1.29, 1.82) is 0 Å². The van der Waals surface area contributed by atoms with Crippen LogP contribution in [0.2, 0.25) is 0 Å². The van der Waals surface area contributed by atoms with Gasteiger partial charge in [-0.15, -0.1) is 0 Å². The molecule has 104 valence electrons. The van der Waals surface area contributed by atoms with Crippen LogP contribution in [0.3, 0.4) is 0 Å². The Morgan fingerprint density at radius 2 is 2.11 bits per heavy atom. The van der Waals surface area contributed by atoms with E-state index in [2.05, 4.69) is 12.2 Å². The van der Waals surface area contributed by atoms with Crippen molar-refractivity contribution < 1.29 is 12.8 Å². The summed E-state index contributed by atoms with van der Waals surface area (Å²) >= 11 is 0. The van der Waals surface area contributed by atoms with Crippen LogP contribution in [-0.4, -0.2) is 38.1 Å². The highest BCUT2D eigenvalue weighted by Crippen LogP contribution is 2.09. The molecule has 1 aromatic heterocycles. The number of rotatable bonds is 9. The lowest BCUT2D eigenvalue weighted by Crippen LogP contribution is -2.36. The Bertz CT molecular complexity index is 415. The monoisotopic (exact) mass is 274 g/mol. The number of nitrogens with one attached hydrogen (secondary N) is 1. The van der Waals surface area contributed by atoms with Gasteiger partial charge >= 0.3 is 0 Å². The minimum Gasteiger partial charge on any atom is -0.468 e. The predicted octanol–water partition coefficient (Wildman–Crippen LogP) is 1.43. The highest BCUT2D eigenvalue weighted by atomic mass is 32.2. The lowest BCUT2D eigenvalue weighted by Gasteiger charge is -2.19. The lowest BCUT2D eigenvalue weighted by atomic mass is 10.4. The highest BCUT2D eigenvalue weighted by molar-refractivity contribution is 7.89. The first kappa shape index (κ1) is 15.2. The molecule has 0 atom stereocenters. The molecule has 0 bridgehead atoms. The van der Waals surface area contributed by atoms with Crippen LogP contribution in [0.15, 0.2) is 22.8 Å². The third-order valence-corrected chi connectivity index (χ3v) is 4.52. The molecule has 0 aliphatic carbocycles. The summed E-state index contributed by atoms with van der Waals surface area (Å²) in [7, 11) is -3.22. The maximum atomic E-state index is 12.1.